The first-order valence-corrected chi connectivity index (χ1v) is 6.19. The first kappa shape index (κ1) is 11.2. The van der Waals surface area contributed by atoms with Crippen molar-refractivity contribution in [3.8, 4) is 0 Å². The van der Waals surface area contributed by atoms with Crippen molar-refractivity contribution in [1.29, 1.82) is 0 Å². The number of nitrogens with zero attached hydrogens (tertiary/aromatic N) is 2. The summed E-state index contributed by atoms with van der Waals surface area (Å²) < 4.78 is 0. The van der Waals surface area contributed by atoms with Crippen LogP contribution in [0.3, 0.4) is 0 Å². The Bertz CT molecular complexity index is 332. The normalized spacial score (nSPS) is 17.1. The fraction of sp³-hybridized carbons (Fsp3) is 0.615. The Hall–Kier alpha value is -1.25. The van der Waals surface area contributed by atoms with Crippen molar-refractivity contribution in [2.75, 3.05) is 24.3 Å². The number of anilines is 2. The summed E-state index contributed by atoms with van der Waals surface area (Å²) in [7, 11) is 4.07. The summed E-state index contributed by atoms with van der Waals surface area (Å²) in [5.74, 6) is 2.03. The minimum absolute atomic E-state index is 0.674. The highest BCUT2D eigenvalue weighted by molar-refractivity contribution is 5.46. The molecule has 3 nitrogen and oxygen atoms in total. The average Bonchev–Trinajstić information content (AvgIpc) is 2.39. The largest absolute Gasteiger partial charge is 0.373 e. The third kappa shape index (κ3) is 2.46. The van der Waals surface area contributed by atoms with Crippen LogP contribution in [0.15, 0.2) is 18.2 Å². The van der Waals surface area contributed by atoms with Gasteiger partial charge in [0.1, 0.15) is 11.6 Å². The van der Waals surface area contributed by atoms with Crippen molar-refractivity contribution in [3.05, 3.63) is 18.2 Å². The zero-order chi connectivity index (χ0) is 11.4. The van der Waals surface area contributed by atoms with E-state index in [1.165, 1.54) is 32.1 Å². The van der Waals surface area contributed by atoms with Gasteiger partial charge in [-0.15, -0.1) is 0 Å². The molecule has 0 aliphatic heterocycles. The Morgan fingerprint density at radius 3 is 2.69 bits per heavy atom. The number of hydrogen-bond acceptors (Lipinski definition) is 3. The van der Waals surface area contributed by atoms with Gasteiger partial charge in [0, 0.05) is 20.1 Å². The average molecular weight is 219 g/mol. The summed E-state index contributed by atoms with van der Waals surface area (Å²) in [6.45, 7) is 0. The molecule has 1 aromatic rings. The van der Waals surface area contributed by atoms with Crippen LogP contribution in [0.2, 0.25) is 0 Å². The van der Waals surface area contributed by atoms with E-state index in [-0.39, 0.29) is 0 Å². The summed E-state index contributed by atoms with van der Waals surface area (Å²) in [5.41, 5.74) is 0. The van der Waals surface area contributed by atoms with Crippen molar-refractivity contribution >= 4 is 11.6 Å². The van der Waals surface area contributed by atoms with Crippen LogP contribution in [0.4, 0.5) is 11.6 Å². The predicted octanol–water partition coefficient (Wildman–Crippen LogP) is 2.89. The highest BCUT2D eigenvalue weighted by Gasteiger charge is 2.18. The van der Waals surface area contributed by atoms with Gasteiger partial charge in [0.15, 0.2) is 0 Å². The topological polar surface area (TPSA) is 28.2 Å². The standard InChI is InChI=1S/C13H21N3/c1-14-12-9-6-10-13(15-12)16(2)11-7-4-3-5-8-11/h6,9-11H,3-5,7-8H2,1-2H3,(H,14,15). The third-order valence-corrected chi connectivity index (χ3v) is 3.47. The van der Waals surface area contributed by atoms with E-state index in [0.717, 1.165) is 11.6 Å². The van der Waals surface area contributed by atoms with E-state index in [1.807, 2.05) is 13.1 Å². The number of rotatable bonds is 3. The highest BCUT2D eigenvalue weighted by atomic mass is 15.2. The third-order valence-electron chi connectivity index (χ3n) is 3.47. The lowest BCUT2D eigenvalue weighted by Crippen LogP contribution is -2.33. The maximum Gasteiger partial charge on any atom is 0.130 e. The van der Waals surface area contributed by atoms with Crippen molar-refractivity contribution in [2.45, 2.75) is 38.1 Å². The predicted molar refractivity (Wildman–Crippen MR) is 69.1 cm³/mol. The number of nitrogens with one attached hydrogen (secondary N) is 1. The molecule has 0 bridgehead atoms. The Labute approximate surface area is 97.9 Å². The molecule has 3 heteroatoms. The molecule has 0 atom stereocenters. The van der Waals surface area contributed by atoms with Crippen LogP contribution in [-0.4, -0.2) is 25.1 Å². The molecule has 0 unspecified atom stereocenters. The molecular weight excluding hydrogens is 198 g/mol. The van der Waals surface area contributed by atoms with Gasteiger partial charge in [0.2, 0.25) is 0 Å². The molecular formula is C13H21N3. The summed E-state index contributed by atoms with van der Waals surface area (Å²) >= 11 is 0. The van der Waals surface area contributed by atoms with Gasteiger partial charge in [0.25, 0.3) is 0 Å². The second-order valence-corrected chi connectivity index (χ2v) is 4.53. The summed E-state index contributed by atoms with van der Waals surface area (Å²) in [4.78, 5) is 6.91. The van der Waals surface area contributed by atoms with Crippen molar-refractivity contribution in [3.63, 3.8) is 0 Å². The van der Waals surface area contributed by atoms with E-state index < -0.39 is 0 Å². The van der Waals surface area contributed by atoms with Gasteiger partial charge >= 0.3 is 0 Å². The highest BCUT2D eigenvalue weighted by Crippen LogP contribution is 2.25. The molecule has 1 N–H and O–H groups in total. The zero-order valence-electron chi connectivity index (χ0n) is 10.2. The molecule has 0 aromatic carbocycles. The minimum Gasteiger partial charge on any atom is -0.373 e. The molecule has 0 saturated heterocycles. The maximum atomic E-state index is 4.58. The number of aromatic nitrogens is 1. The monoisotopic (exact) mass is 219 g/mol. The number of hydrogen-bond donors (Lipinski definition) is 1. The van der Waals surface area contributed by atoms with Crippen molar-refractivity contribution in [1.82, 2.24) is 4.98 Å². The molecule has 0 amide bonds. The van der Waals surface area contributed by atoms with Crippen LogP contribution in [-0.2, 0) is 0 Å². The van der Waals surface area contributed by atoms with E-state index >= 15 is 0 Å². The molecule has 0 radical (unpaired) electrons. The zero-order valence-corrected chi connectivity index (χ0v) is 10.2. The molecule has 1 saturated carbocycles. The SMILES string of the molecule is CNc1cccc(N(C)C2CCCCC2)n1. The van der Waals surface area contributed by atoms with Crippen LogP contribution >= 0.6 is 0 Å². The van der Waals surface area contributed by atoms with Crippen LogP contribution in [0, 0.1) is 0 Å². The lowest BCUT2D eigenvalue weighted by molar-refractivity contribution is 0.426. The Morgan fingerprint density at radius 2 is 2.00 bits per heavy atom. The molecule has 1 aliphatic carbocycles. The van der Waals surface area contributed by atoms with Crippen molar-refractivity contribution in [2.24, 2.45) is 0 Å². The first-order chi connectivity index (χ1) is 7.81. The van der Waals surface area contributed by atoms with Crippen LogP contribution in [0.5, 0.6) is 0 Å². The van der Waals surface area contributed by atoms with Gasteiger partial charge in [-0.05, 0) is 25.0 Å². The second kappa shape index (κ2) is 5.19. The maximum absolute atomic E-state index is 4.58. The van der Waals surface area contributed by atoms with Gasteiger partial charge in [0.05, 0.1) is 0 Å². The van der Waals surface area contributed by atoms with E-state index in [0.29, 0.717) is 6.04 Å². The van der Waals surface area contributed by atoms with Gasteiger partial charge in [-0.1, -0.05) is 25.3 Å². The van der Waals surface area contributed by atoms with Crippen LogP contribution < -0.4 is 10.2 Å². The Balaban J connectivity index is 2.09. The Kier molecular flexibility index (Phi) is 3.65. The van der Waals surface area contributed by atoms with E-state index in [9.17, 15) is 0 Å². The molecule has 0 spiro atoms. The van der Waals surface area contributed by atoms with E-state index in [1.54, 1.807) is 0 Å². The van der Waals surface area contributed by atoms with E-state index in [4.69, 9.17) is 0 Å². The summed E-state index contributed by atoms with van der Waals surface area (Å²) in [6.07, 6.45) is 6.74. The van der Waals surface area contributed by atoms with E-state index in [2.05, 4.69) is 34.4 Å². The quantitative estimate of drug-likeness (QED) is 0.847. The van der Waals surface area contributed by atoms with Gasteiger partial charge < -0.3 is 10.2 Å². The van der Waals surface area contributed by atoms with Gasteiger partial charge in [-0.3, -0.25) is 0 Å². The van der Waals surface area contributed by atoms with Crippen molar-refractivity contribution < 1.29 is 0 Å². The Morgan fingerprint density at radius 1 is 1.25 bits per heavy atom. The minimum atomic E-state index is 0.674. The molecule has 2 rings (SSSR count). The fourth-order valence-corrected chi connectivity index (χ4v) is 2.41. The summed E-state index contributed by atoms with van der Waals surface area (Å²) in [6, 6.07) is 6.83. The molecule has 1 aliphatic rings. The van der Waals surface area contributed by atoms with Crippen LogP contribution in [0.1, 0.15) is 32.1 Å². The molecule has 88 valence electrons. The van der Waals surface area contributed by atoms with Gasteiger partial charge in [-0.2, -0.15) is 0 Å². The van der Waals surface area contributed by atoms with Crippen LogP contribution in [0.25, 0.3) is 0 Å². The first-order valence-electron chi connectivity index (χ1n) is 6.19. The smallest absolute Gasteiger partial charge is 0.130 e. The lowest BCUT2D eigenvalue weighted by atomic mass is 9.94. The second-order valence-electron chi connectivity index (χ2n) is 4.53. The molecule has 16 heavy (non-hydrogen) atoms. The summed E-state index contributed by atoms with van der Waals surface area (Å²) in [5, 5.41) is 3.09. The molecule has 1 aromatic heterocycles. The lowest BCUT2D eigenvalue weighted by Gasteiger charge is -2.32. The molecule has 1 heterocycles. The fourth-order valence-electron chi connectivity index (χ4n) is 2.41. The molecule has 1 fully saturated rings. The number of pyridine rings is 1. The van der Waals surface area contributed by atoms with Gasteiger partial charge in [-0.25, -0.2) is 4.98 Å².